The third-order valence-electron chi connectivity index (χ3n) is 17.2. The molecule has 0 amide bonds. The molecular formula is C68H59N27O4S4. The number of nitrogens with one attached hydrogen (secondary N) is 9. The first-order valence-corrected chi connectivity index (χ1v) is 35.8. The smallest absolute Gasteiger partial charge is 0.270 e. The number of nitrogens with zero attached hydrogens (tertiary/aromatic N) is 18. The van der Waals surface area contributed by atoms with Gasteiger partial charge >= 0.3 is 0 Å². The molecule has 514 valence electrons. The normalized spacial score (nSPS) is 14.9. The van der Waals surface area contributed by atoms with Crippen LogP contribution in [0.1, 0.15) is 113 Å². The maximum Gasteiger partial charge on any atom is 0.270 e. The molecule has 1 aliphatic carbocycles. The lowest BCUT2D eigenvalue weighted by Gasteiger charge is -2.38. The number of benzene rings is 2. The van der Waals surface area contributed by atoms with Gasteiger partial charge in [0.05, 0.1) is 32.4 Å². The summed E-state index contributed by atoms with van der Waals surface area (Å²) in [4.78, 5) is 97.2. The summed E-state index contributed by atoms with van der Waals surface area (Å²) in [5.74, 6) is 5.64. The molecule has 2 aliphatic heterocycles. The first kappa shape index (κ1) is 68.8. The highest BCUT2D eigenvalue weighted by Gasteiger charge is 2.33. The van der Waals surface area contributed by atoms with Crippen LogP contribution in [0.15, 0.2) is 157 Å². The van der Waals surface area contributed by atoms with Crippen LogP contribution in [0.2, 0.25) is 0 Å². The second-order valence-corrected chi connectivity index (χ2v) is 27.4. The van der Waals surface area contributed by atoms with Crippen molar-refractivity contribution in [2.75, 3.05) is 41.3 Å². The Morgan fingerprint density at radius 2 is 1.02 bits per heavy atom. The number of hydrogen-bond acceptors (Lipinski definition) is 27. The van der Waals surface area contributed by atoms with Crippen LogP contribution in [0.3, 0.4) is 0 Å². The lowest BCUT2D eigenvalue weighted by molar-refractivity contribution is 0.399. The van der Waals surface area contributed by atoms with Gasteiger partial charge in [-0.05, 0) is 84.0 Å². The quantitative estimate of drug-likeness (QED) is 0.0322. The number of nitriles is 4. The van der Waals surface area contributed by atoms with Crippen molar-refractivity contribution < 1.29 is 0 Å². The fourth-order valence-electron chi connectivity index (χ4n) is 11.9. The summed E-state index contributed by atoms with van der Waals surface area (Å²) >= 11 is 5.78. The third kappa shape index (κ3) is 16.3. The van der Waals surface area contributed by atoms with Crippen molar-refractivity contribution >= 4 is 63.6 Å². The van der Waals surface area contributed by atoms with Crippen LogP contribution in [0.4, 0.5) is 17.8 Å². The largest absolute Gasteiger partial charge is 0.353 e. The van der Waals surface area contributed by atoms with E-state index in [1.165, 1.54) is 64.8 Å². The van der Waals surface area contributed by atoms with Crippen molar-refractivity contribution in [1.29, 1.82) is 21.0 Å². The molecule has 0 spiro atoms. The standard InChI is InChI=1S/C21H16N6OS.C17H17N7OS.C16H15N7OS.C14H11N7OS/c22-11-17-18(10-14-6-2-1-3-7-14)24-21(25-20(17)28)29-13-15-8-4-5-9-16(15)19-12-23-27-26-19;18-8-12-14(13-2-1-7-26-13)22-17(23-16(12)25)21-11-5-3-10(4-6-11)15-19-9-20-24-15;17-8-11-13(12-2-1-7-25-12)20-16(21-15(11)24)23-5-3-10(4-6-23)14-18-9-19-22-14;15-4-9-11(10-2-1-3-23-10)18-14(19-13(9)22)21-5-8(6-21)12-16-7-17-20-12/h1-9,12H,10,13H2,(H,23,26,27)(H,24,25,28);1-2,7,9-11H,3-6H2,(H,19,20,24)(H2,21,22,23,25);1-2,7,9-10H,3-6H2,(H,18,19,22)(H,20,21,24);1-3,7-8H,5-6H2,(H,16,17,20)(H,18,19,22). The second-order valence-electron chi connectivity index (χ2n) is 23.6. The van der Waals surface area contributed by atoms with Crippen LogP contribution in [-0.2, 0) is 12.2 Å². The van der Waals surface area contributed by atoms with Crippen molar-refractivity contribution in [2.24, 2.45) is 0 Å². The molecular weight excluding hydrogens is 1390 g/mol. The van der Waals surface area contributed by atoms with Crippen molar-refractivity contribution in [2.45, 2.75) is 79.7 Å². The minimum absolute atomic E-state index is 0.0449. The zero-order valence-corrected chi connectivity index (χ0v) is 57.6. The van der Waals surface area contributed by atoms with E-state index in [0.29, 0.717) is 82.9 Å². The molecule has 0 radical (unpaired) electrons. The SMILES string of the molecule is N#Cc1c(-c2cccs2)nc(N2CC(c3ncn[nH]3)C2)[nH]c1=O.N#Cc1c(-c2cccs2)nc(N2CCC(c3ncn[nH]3)CC2)[nH]c1=O.N#Cc1c(-c2cccs2)nc(NC2CCC(c3ncn[nH]3)CC2)[nH]c1=O.N#Cc1c(Cc2ccccc2)nc(SCc2ccccc2-c2cn[nH]n2)[nH]c1=O. The molecule has 13 heterocycles. The van der Waals surface area contributed by atoms with E-state index in [1.54, 1.807) is 6.20 Å². The van der Waals surface area contributed by atoms with Crippen molar-refractivity contribution in [1.82, 2.24) is 101 Å². The second kappa shape index (κ2) is 32.5. The van der Waals surface area contributed by atoms with E-state index in [2.05, 4.69) is 106 Å². The summed E-state index contributed by atoms with van der Waals surface area (Å²) in [5.41, 5.74) is 4.14. The van der Waals surface area contributed by atoms with Gasteiger partial charge in [0.15, 0.2) is 5.16 Å². The van der Waals surface area contributed by atoms with Crippen LogP contribution in [-0.4, -0.2) is 133 Å². The van der Waals surface area contributed by atoms with Gasteiger partial charge in [0, 0.05) is 61.8 Å². The minimum atomic E-state index is -0.416. The predicted octanol–water partition coefficient (Wildman–Crippen LogP) is 8.90. The summed E-state index contributed by atoms with van der Waals surface area (Å²) in [7, 11) is 0. The molecule has 3 fully saturated rings. The Morgan fingerprint density at radius 1 is 0.515 bits per heavy atom. The highest BCUT2D eigenvalue weighted by Crippen LogP contribution is 2.35. The van der Waals surface area contributed by atoms with E-state index >= 15 is 0 Å². The highest BCUT2D eigenvalue weighted by molar-refractivity contribution is 7.98. The van der Waals surface area contributed by atoms with E-state index in [1.807, 2.05) is 141 Å². The van der Waals surface area contributed by atoms with Gasteiger partial charge in [-0.25, -0.2) is 34.9 Å². The lowest BCUT2D eigenvalue weighted by atomic mass is 9.85. The van der Waals surface area contributed by atoms with Crippen molar-refractivity contribution in [3.63, 3.8) is 0 Å². The molecule has 0 atom stereocenters. The van der Waals surface area contributed by atoms with E-state index < -0.39 is 22.2 Å². The Labute approximate surface area is 600 Å². The van der Waals surface area contributed by atoms with Crippen LogP contribution in [0.5, 0.6) is 0 Å². The lowest BCUT2D eigenvalue weighted by Crippen LogP contribution is -2.47. The maximum atomic E-state index is 12.4. The number of piperidine rings is 1. The zero-order valence-electron chi connectivity index (χ0n) is 54.3. The van der Waals surface area contributed by atoms with Crippen LogP contribution < -0.4 is 37.4 Å². The van der Waals surface area contributed by atoms with Gasteiger partial charge in [-0.3, -0.25) is 49.4 Å². The molecule has 103 heavy (non-hydrogen) atoms. The number of H-pyrrole nitrogens is 8. The summed E-state index contributed by atoms with van der Waals surface area (Å²) in [6, 6.07) is 36.8. The highest BCUT2D eigenvalue weighted by atomic mass is 32.2. The van der Waals surface area contributed by atoms with Gasteiger partial charge in [-0.2, -0.15) is 51.8 Å². The predicted molar refractivity (Wildman–Crippen MR) is 386 cm³/mol. The third-order valence-corrected chi connectivity index (χ3v) is 20.8. The molecule has 0 unspecified atom stereocenters. The zero-order chi connectivity index (χ0) is 71.0. The van der Waals surface area contributed by atoms with Gasteiger partial charge in [-0.1, -0.05) is 84.6 Å². The average Bonchev–Trinajstić information content (AvgIpc) is 1.78. The van der Waals surface area contributed by atoms with Gasteiger partial charge in [0.1, 0.15) is 106 Å². The molecule has 9 N–H and O–H groups in total. The molecule has 0 bridgehead atoms. The number of hydrogen-bond donors (Lipinski definition) is 9. The number of thioether (sulfide) groups is 1. The van der Waals surface area contributed by atoms with Gasteiger partial charge in [-0.15, -0.1) is 34.0 Å². The first-order valence-electron chi connectivity index (χ1n) is 32.2. The number of thiophene rings is 3. The fraction of sp³-hybridized carbons (Fsp3) is 0.235. The van der Waals surface area contributed by atoms with Crippen molar-refractivity contribution in [3.05, 3.63) is 230 Å². The Hall–Kier alpha value is -12.7. The Kier molecular flexibility index (Phi) is 21.8. The summed E-state index contributed by atoms with van der Waals surface area (Å²) < 4.78 is 0. The van der Waals surface area contributed by atoms with E-state index in [-0.39, 0.29) is 34.2 Å². The average molecular weight is 1450 g/mol. The first-order chi connectivity index (χ1) is 50.5. The number of anilines is 3. The topological polar surface area (TPSA) is 463 Å². The number of rotatable bonds is 16. The Morgan fingerprint density at radius 3 is 1.53 bits per heavy atom. The van der Waals surface area contributed by atoms with E-state index in [9.17, 15) is 40.2 Å². The fourth-order valence-corrected chi connectivity index (χ4v) is 15.0. The Bertz CT molecular complexity index is 5380. The number of aromatic nitrogens is 20. The molecule has 1 saturated carbocycles. The molecule has 11 aromatic heterocycles. The molecule has 2 aromatic carbocycles. The summed E-state index contributed by atoms with van der Waals surface area (Å²) in [6.45, 7) is 2.88. The molecule has 35 heteroatoms. The van der Waals surface area contributed by atoms with Crippen LogP contribution in [0, 0.1) is 45.3 Å². The van der Waals surface area contributed by atoms with Crippen molar-refractivity contribution in [3.8, 4) is 67.2 Å². The maximum absolute atomic E-state index is 12.4. The van der Waals surface area contributed by atoms with Gasteiger partial charge < -0.3 is 20.1 Å². The molecule has 16 rings (SSSR count). The molecule has 13 aromatic rings. The summed E-state index contributed by atoms with van der Waals surface area (Å²) in [6.07, 6.45) is 12.3. The number of aromatic amines is 8. The van der Waals surface area contributed by atoms with E-state index in [4.69, 9.17) is 0 Å². The summed E-state index contributed by atoms with van der Waals surface area (Å²) in [5, 5.41) is 77.7. The Balaban J connectivity index is 0.000000123. The van der Waals surface area contributed by atoms with E-state index in [0.717, 1.165) is 106 Å². The van der Waals surface area contributed by atoms with Gasteiger partial charge in [0.25, 0.3) is 22.2 Å². The molecule has 31 nitrogen and oxygen atoms in total. The minimum Gasteiger partial charge on any atom is -0.353 e. The van der Waals surface area contributed by atoms with Crippen LogP contribution in [0.25, 0.3) is 43.0 Å². The monoisotopic (exact) mass is 1450 g/mol. The van der Waals surface area contributed by atoms with Gasteiger partial charge in [0.2, 0.25) is 17.8 Å². The molecule has 2 saturated heterocycles. The molecule has 3 aliphatic rings. The van der Waals surface area contributed by atoms with Crippen LogP contribution >= 0.6 is 45.8 Å².